The number of amides is 1. The number of aliphatic carboxylic acids is 1. The van der Waals surface area contributed by atoms with Gasteiger partial charge >= 0.3 is 5.97 Å². The van der Waals surface area contributed by atoms with E-state index >= 15 is 0 Å². The van der Waals surface area contributed by atoms with Gasteiger partial charge in [0.25, 0.3) is 0 Å². The Kier molecular flexibility index (Phi) is 7.28. The number of nitrogens with zero attached hydrogens (tertiary/aromatic N) is 1. The number of thioether (sulfide) groups is 1. The Balaban J connectivity index is 2.37. The maximum atomic E-state index is 11.8. The van der Waals surface area contributed by atoms with Gasteiger partial charge in [-0.25, -0.2) is 4.79 Å². The van der Waals surface area contributed by atoms with E-state index < -0.39 is 12.0 Å². The van der Waals surface area contributed by atoms with E-state index in [1.54, 1.807) is 0 Å². The first-order valence-electron chi connectivity index (χ1n) is 6.97. The molecular formula is C14H22N2O4S. The molecule has 0 aromatic carbocycles. The van der Waals surface area contributed by atoms with Crippen molar-refractivity contribution in [3.63, 3.8) is 0 Å². The molecule has 1 atom stereocenters. The molecule has 21 heavy (non-hydrogen) atoms. The first-order valence-corrected chi connectivity index (χ1v) is 8.12. The smallest absolute Gasteiger partial charge is 0.326 e. The molecule has 0 saturated carbocycles. The molecule has 0 aliphatic carbocycles. The van der Waals surface area contributed by atoms with Crippen LogP contribution in [0.3, 0.4) is 0 Å². The second kappa shape index (κ2) is 8.71. The van der Waals surface area contributed by atoms with E-state index in [9.17, 15) is 9.59 Å². The molecule has 0 radical (unpaired) electrons. The van der Waals surface area contributed by atoms with Crippen LogP contribution in [0, 0.1) is 13.8 Å². The quantitative estimate of drug-likeness (QED) is 0.726. The predicted molar refractivity (Wildman–Crippen MR) is 81.2 cm³/mol. The minimum atomic E-state index is -0.979. The van der Waals surface area contributed by atoms with Crippen molar-refractivity contribution < 1.29 is 19.2 Å². The molecule has 1 amide bonds. The molecule has 0 spiro atoms. The first kappa shape index (κ1) is 17.6. The third-order valence-corrected chi connectivity index (χ3v) is 4.10. The fraction of sp³-hybridized carbons (Fsp3) is 0.643. The van der Waals surface area contributed by atoms with Crippen molar-refractivity contribution in [2.75, 3.05) is 5.75 Å². The number of rotatable bonds is 9. The number of hydrogen-bond acceptors (Lipinski definition) is 5. The van der Waals surface area contributed by atoms with Crippen LogP contribution in [0.5, 0.6) is 0 Å². The average molecular weight is 314 g/mol. The maximum absolute atomic E-state index is 11.8. The van der Waals surface area contributed by atoms with Gasteiger partial charge in [-0.05, 0) is 20.3 Å². The molecule has 1 unspecified atom stereocenters. The van der Waals surface area contributed by atoms with E-state index in [-0.39, 0.29) is 11.7 Å². The minimum absolute atomic E-state index is 0.222. The van der Waals surface area contributed by atoms with Gasteiger partial charge in [-0.2, -0.15) is 0 Å². The molecule has 1 aromatic rings. The van der Waals surface area contributed by atoms with Gasteiger partial charge in [0.15, 0.2) is 0 Å². The third kappa shape index (κ3) is 5.79. The van der Waals surface area contributed by atoms with Crippen LogP contribution in [-0.4, -0.2) is 33.9 Å². The number of carbonyl (C=O) groups excluding carboxylic acids is 1. The number of nitrogens with one attached hydrogen (secondary N) is 1. The van der Waals surface area contributed by atoms with Crippen LogP contribution in [0.15, 0.2) is 4.52 Å². The Morgan fingerprint density at radius 2 is 2.14 bits per heavy atom. The zero-order chi connectivity index (χ0) is 15.8. The lowest BCUT2D eigenvalue weighted by Crippen LogP contribution is -2.41. The molecule has 0 fully saturated rings. The molecule has 118 valence electrons. The first-order chi connectivity index (χ1) is 9.95. The molecule has 1 aromatic heterocycles. The summed E-state index contributed by atoms with van der Waals surface area (Å²) in [7, 11) is 0. The Hall–Kier alpha value is -1.50. The van der Waals surface area contributed by atoms with E-state index in [0.29, 0.717) is 12.2 Å². The van der Waals surface area contributed by atoms with Crippen LogP contribution in [-0.2, 0) is 15.3 Å². The van der Waals surface area contributed by atoms with Gasteiger partial charge in [0.2, 0.25) is 5.91 Å². The van der Waals surface area contributed by atoms with E-state index in [2.05, 4.69) is 10.5 Å². The number of hydrogen-bond donors (Lipinski definition) is 2. The summed E-state index contributed by atoms with van der Waals surface area (Å²) in [5.74, 6) is 0.371. The number of carboxylic acid groups (broad SMARTS) is 1. The van der Waals surface area contributed by atoms with E-state index in [4.69, 9.17) is 9.63 Å². The highest BCUT2D eigenvalue weighted by Crippen LogP contribution is 2.19. The normalized spacial score (nSPS) is 12.1. The molecule has 0 saturated heterocycles. The summed E-state index contributed by atoms with van der Waals surface area (Å²) in [4.78, 5) is 22.8. The van der Waals surface area contributed by atoms with Crippen molar-refractivity contribution in [3.8, 4) is 0 Å². The van der Waals surface area contributed by atoms with Crippen molar-refractivity contribution in [2.24, 2.45) is 0 Å². The minimum Gasteiger partial charge on any atom is -0.480 e. The monoisotopic (exact) mass is 314 g/mol. The highest BCUT2D eigenvalue weighted by molar-refractivity contribution is 7.99. The summed E-state index contributed by atoms with van der Waals surface area (Å²) in [5, 5.41) is 15.5. The SMILES string of the molecule is CCCCC(NC(=O)CSCc1c(C)noc1C)C(=O)O. The lowest BCUT2D eigenvalue weighted by atomic mass is 10.1. The van der Waals surface area contributed by atoms with Crippen LogP contribution >= 0.6 is 11.8 Å². The van der Waals surface area contributed by atoms with Crippen LogP contribution in [0.25, 0.3) is 0 Å². The van der Waals surface area contributed by atoms with Crippen molar-refractivity contribution in [1.82, 2.24) is 10.5 Å². The zero-order valence-corrected chi connectivity index (χ0v) is 13.5. The van der Waals surface area contributed by atoms with Crippen LogP contribution in [0.2, 0.25) is 0 Å². The number of aryl methyl sites for hydroxylation is 2. The number of aromatic nitrogens is 1. The fourth-order valence-electron chi connectivity index (χ4n) is 1.86. The van der Waals surface area contributed by atoms with Crippen LogP contribution < -0.4 is 5.32 Å². The van der Waals surface area contributed by atoms with Gasteiger partial charge in [-0.15, -0.1) is 11.8 Å². The van der Waals surface area contributed by atoms with Crippen LogP contribution in [0.4, 0.5) is 0 Å². The summed E-state index contributed by atoms with van der Waals surface area (Å²) < 4.78 is 5.05. The molecule has 2 N–H and O–H groups in total. The summed E-state index contributed by atoms with van der Waals surface area (Å²) >= 11 is 1.42. The highest BCUT2D eigenvalue weighted by atomic mass is 32.2. The second-order valence-electron chi connectivity index (χ2n) is 4.90. The summed E-state index contributed by atoms with van der Waals surface area (Å²) in [5.41, 5.74) is 1.82. The second-order valence-corrected chi connectivity index (χ2v) is 5.88. The Labute approximate surface area is 128 Å². The van der Waals surface area contributed by atoms with Gasteiger partial charge in [0, 0.05) is 11.3 Å². The van der Waals surface area contributed by atoms with Crippen molar-refractivity contribution >= 4 is 23.6 Å². The zero-order valence-electron chi connectivity index (χ0n) is 12.6. The molecule has 6 nitrogen and oxygen atoms in total. The highest BCUT2D eigenvalue weighted by Gasteiger charge is 2.19. The van der Waals surface area contributed by atoms with Crippen molar-refractivity contribution in [3.05, 3.63) is 17.0 Å². The van der Waals surface area contributed by atoms with Crippen molar-refractivity contribution in [1.29, 1.82) is 0 Å². The van der Waals surface area contributed by atoms with E-state index in [1.165, 1.54) is 11.8 Å². The third-order valence-electron chi connectivity index (χ3n) is 3.14. The molecule has 0 bridgehead atoms. The number of carboxylic acids is 1. The number of unbranched alkanes of at least 4 members (excludes halogenated alkanes) is 1. The Morgan fingerprint density at radius 1 is 1.43 bits per heavy atom. The lowest BCUT2D eigenvalue weighted by Gasteiger charge is -2.13. The van der Waals surface area contributed by atoms with Crippen LogP contribution in [0.1, 0.15) is 43.2 Å². The largest absolute Gasteiger partial charge is 0.480 e. The predicted octanol–water partition coefficient (Wildman–Crippen LogP) is 2.28. The standard InChI is InChI=1S/C14H22N2O4S/c1-4-5-6-12(14(18)19)15-13(17)8-21-7-11-9(2)16-20-10(11)3/h12H,4-8H2,1-3H3,(H,15,17)(H,18,19). The topological polar surface area (TPSA) is 92.4 Å². The summed E-state index contributed by atoms with van der Waals surface area (Å²) in [6.07, 6.45) is 2.15. The number of carbonyl (C=O) groups is 2. The maximum Gasteiger partial charge on any atom is 0.326 e. The summed E-state index contributed by atoms with van der Waals surface area (Å²) in [6.45, 7) is 5.68. The fourth-order valence-corrected chi connectivity index (χ4v) is 2.84. The van der Waals surface area contributed by atoms with Gasteiger partial charge in [0.1, 0.15) is 11.8 Å². The average Bonchev–Trinajstić information content (AvgIpc) is 2.74. The van der Waals surface area contributed by atoms with Crippen molar-refractivity contribution in [2.45, 2.75) is 51.8 Å². The Morgan fingerprint density at radius 3 is 2.67 bits per heavy atom. The van der Waals surface area contributed by atoms with E-state index in [0.717, 1.165) is 29.9 Å². The van der Waals surface area contributed by atoms with Gasteiger partial charge in [-0.3, -0.25) is 4.79 Å². The molecule has 1 heterocycles. The molecule has 7 heteroatoms. The van der Waals surface area contributed by atoms with Gasteiger partial charge in [0.05, 0.1) is 11.4 Å². The molecular weight excluding hydrogens is 292 g/mol. The van der Waals surface area contributed by atoms with E-state index in [1.807, 2.05) is 20.8 Å². The molecule has 0 aliphatic rings. The Bertz CT molecular complexity index is 468. The summed E-state index contributed by atoms with van der Waals surface area (Å²) in [6, 6.07) is -0.794. The molecule has 0 aliphatic heterocycles. The van der Waals surface area contributed by atoms with Gasteiger partial charge in [-0.1, -0.05) is 24.9 Å². The van der Waals surface area contributed by atoms with Gasteiger partial charge < -0.3 is 14.9 Å². The lowest BCUT2D eigenvalue weighted by molar-refractivity contribution is -0.141. The molecule has 1 rings (SSSR count).